The molecule has 0 fully saturated rings. The average molecular weight is 381 g/mol. The normalized spacial score (nSPS) is 10.8. The predicted octanol–water partition coefficient (Wildman–Crippen LogP) is 3.76. The monoisotopic (exact) mass is 381 g/mol. The molecule has 0 saturated carbocycles. The van der Waals surface area contributed by atoms with Crippen LogP contribution in [0, 0.1) is 0 Å². The van der Waals surface area contributed by atoms with Crippen molar-refractivity contribution in [2.45, 2.75) is 13.1 Å². The number of carbonyl (C=O) groups is 2. The fourth-order valence-electron chi connectivity index (χ4n) is 2.12. The van der Waals surface area contributed by atoms with Gasteiger partial charge >= 0.3 is 12.2 Å². The van der Waals surface area contributed by atoms with Gasteiger partial charge in [-0.05, 0) is 43.3 Å². The van der Waals surface area contributed by atoms with Crippen LogP contribution in [0.5, 0.6) is 11.5 Å². The van der Waals surface area contributed by atoms with E-state index >= 15 is 0 Å². The fraction of sp³-hybridized carbons (Fsp3) is 0.222. The molecule has 0 bridgehead atoms. The number of hydrogen-bond acceptors (Lipinski definition) is 3. The molecule has 0 spiro atoms. The van der Waals surface area contributed by atoms with E-state index in [4.69, 9.17) is 4.74 Å². The number of rotatable bonds is 6. The van der Waals surface area contributed by atoms with Crippen molar-refractivity contribution in [1.82, 2.24) is 10.6 Å². The Morgan fingerprint density at radius 3 is 2.30 bits per heavy atom. The third-order valence-electron chi connectivity index (χ3n) is 3.32. The first-order chi connectivity index (χ1) is 12.8. The van der Waals surface area contributed by atoms with Gasteiger partial charge in [-0.2, -0.15) is 13.2 Å². The van der Waals surface area contributed by atoms with Crippen LogP contribution < -0.4 is 20.7 Å². The Morgan fingerprint density at radius 1 is 1.00 bits per heavy atom. The number of amides is 3. The number of ether oxygens (including phenoxy) is 1. The lowest BCUT2D eigenvalue weighted by Crippen LogP contribution is -2.38. The van der Waals surface area contributed by atoms with E-state index in [1.807, 2.05) is 0 Å². The minimum Gasteiger partial charge on any atom is -0.457 e. The highest BCUT2D eigenvalue weighted by atomic mass is 19.4. The summed E-state index contributed by atoms with van der Waals surface area (Å²) in [5.41, 5.74) is -0.489. The number of urea groups is 1. The Bertz CT molecular complexity index is 792. The molecule has 0 saturated heterocycles. The lowest BCUT2D eigenvalue weighted by Gasteiger charge is -2.14. The largest absolute Gasteiger partial charge is 0.457 e. The molecule has 3 N–H and O–H groups in total. The highest BCUT2D eigenvalue weighted by molar-refractivity contribution is 5.92. The van der Waals surface area contributed by atoms with Crippen LogP contribution in [0.25, 0.3) is 0 Å². The van der Waals surface area contributed by atoms with Crippen LogP contribution in [0.1, 0.15) is 12.5 Å². The maximum Gasteiger partial charge on any atom is 0.419 e. The molecule has 9 heteroatoms. The fourth-order valence-corrected chi connectivity index (χ4v) is 2.12. The van der Waals surface area contributed by atoms with Gasteiger partial charge in [0, 0.05) is 12.2 Å². The lowest BCUT2D eigenvalue weighted by molar-refractivity contribution is -0.138. The van der Waals surface area contributed by atoms with E-state index in [2.05, 4.69) is 16.0 Å². The molecule has 2 rings (SSSR count). The molecule has 0 heterocycles. The number of likely N-dealkylation sites (N-methyl/N-ethyl adjacent to an activating group) is 1. The molecule has 2 aromatic rings. The number of nitrogens with one attached hydrogen (secondary N) is 3. The predicted molar refractivity (Wildman–Crippen MR) is 93.7 cm³/mol. The van der Waals surface area contributed by atoms with Gasteiger partial charge in [0.1, 0.15) is 11.5 Å². The molecule has 0 aromatic heterocycles. The van der Waals surface area contributed by atoms with Gasteiger partial charge in [-0.3, -0.25) is 4.79 Å². The van der Waals surface area contributed by atoms with Crippen molar-refractivity contribution in [2.75, 3.05) is 18.4 Å². The first kappa shape index (κ1) is 20.1. The van der Waals surface area contributed by atoms with Crippen LogP contribution in [-0.2, 0) is 11.0 Å². The molecule has 144 valence electrons. The Kier molecular flexibility index (Phi) is 6.64. The number of hydrogen-bond donors (Lipinski definition) is 3. The van der Waals surface area contributed by atoms with E-state index in [9.17, 15) is 22.8 Å². The summed E-state index contributed by atoms with van der Waals surface area (Å²) in [5, 5.41) is 7.41. The number of carbonyl (C=O) groups excluding carboxylic acids is 2. The topological polar surface area (TPSA) is 79.5 Å². The molecule has 0 aliphatic carbocycles. The molecular weight excluding hydrogens is 363 g/mol. The molecule has 6 nitrogen and oxygen atoms in total. The smallest absolute Gasteiger partial charge is 0.419 e. The molecule has 3 amide bonds. The van der Waals surface area contributed by atoms with Crippen molar-refractivity contribution >= 4 is 17.6 Å². The van der Waals surface area contributed by atoms with Crippen LogP contribution in [0.15, 0.2) is 48.5 Å². The number of anilines is 1. The van der Waals surface area contributed by atoms with Crippen molar-refractivity contribution in [2.24, 2.45) is 0 Å². The second kappa shape index (κ2) is 8.93. The Morgan fingerprint density at radius 2 is 1.67 bits per heavy atom. The van der Waals surface area contributed by atoms with Gasteiger partial charge in [0.25, 0.3) is 0 Å². The number of alkyl halides is 3. The van der Waals surface area contributed by atoms with Crippen LogP contribution >= 0.6 is 0 Å². The SMILES string of the molecule is CCNC(=O)CNC(=O)Nc1ccc(Oc2ccccc2C(F)(F)F)cc1. The van der Waals surface area contributed by atoms with Gasteiger partial charge in [0.15, 0.2) is 0 Å². The van der Waals surface area contributed by atoms with Crippen molar-refractivity contribution in [3.8, 4) is 11.5 Å². The summed E-state index contributed by atoms with van der Waals surface area (Å²) in [6, 6.07) is 10.1. The zero-order chi connectivity index (χ0) is 19.9. The molecular formula is C18H18F3N3O3. The van der Waals surface area contributed by atoms with Gasteiger partial charge in [0.05, 0.1) is 12.1 Å². The van der Waals surface area contributed by atoms with Gasteiger partial charge in [-0.15, -0.1) is 0 Å². The summed E-state index contributed by atoms with van der Waals surface area (Å²) in [4.78, 5) is 23.0. The zero-order valence-electron chi connectivity index (χ0n) is 14.4. The molecule has 2 aromatic carbocycles. The number of para-hydroxylation sites is 1. The maximum atomic E-state index is 13.0. The maximum absolute atomic E-state index is 13.0. The van der Waals surface area contributed by atoms with Crippen LogP contribution in [-0.4, -0.2) is 25.0 Å². The summed E-state index contributed by atoms with van der Waals surface area (Å²) in [6.07, 6.45) is -4.53. The van der Waals surface area contributed by atoms with Crippen LogP contribution in [0.3, 0.4) is 0 Å². The number of halogens is 3. The highest BCUT2D eigenvalue weighted by Crippen LogP contribution is 2.37. The van der Waals surface area contributed by atoms with E-state index < -0.39 is 17.8 Å². The van der Waals surface area contributed by atoms with E-state index in [1.54, 1.807) is 6.92 Å². The average Bonchev–Trinajstić information content (AvgIpc) is 2.61. The Balaban J connectivity index is 1.96. The molecule has 27 heavy (non-hydrogen) atoms. The van der Waals surface area contributed by atoms with Gasteiger partial charge in [-0.25, -0.2) is 4.79 Å². The summed E-state index contributed by atoms with van der Waals surface area (Å²) >= 11 is 0. The van der Waals surface area contributed by atoms with E-state index in [-0.39, 0.29) is 24.0 Å². The minimum atomic E-state index is -4.53. The van der Waals surface area contributed by atoms with Crippen LogP contribution in [0.2, 0.25) is 0 Å². The molecule has 0 aliphatic heterocycles. The van der Waals surface area contributed by atoms with Crippen molar-refractivity contribution in [1.29, 1.82) is 0 Å². The third-order valence-corrected chi connectivity index (χ3v) is 3.32. The molecule has 0 unspecified atom stereocenters. The molecule has 0 radical (unpaired) electrons. The molecule has 0 atom stereocenters. The standard InChI is InChI=1S/C18H18F3N3O3/c1-2-22-16(25)11-23-17(26)24-12-7-9-13(10-8-12)27-15-6-4-3-5-14(15)18(19,20)21/h3-10H,2,11H2,1H3,(H,22,25)(H2,23,24,26). The van der Waals surface area contributed by atoms with Gasteiger partial charge in [0.2, 0.25) is 5.91 Å². The third kappa shape index (κ3) is 6.21. The van der Waals surface area contributed by atoms with Crippen molar-refractivity contribution < 1.29 is 27.5 Å². The van der Waals surface area contributed by atoms with E-state index in [0.29, 0.717) is 12.2 Å². The summed E-state index contributed by atoms with van der Waals surface area (Å²) < 4.78 is 44.2. The highest BCUT2D eigenvalue weighted by Gasteiger charge is 2.34. The second-order valence-corrected chi connectivity index (χ2v) is 5.38. The molecule has 0 aliphatic rings. The quantitative estimate of drug-likeness (QED) is 0.713. The van der Waals surface area contributed by atoms with Gasteiger partial charge < -0.3 is 20.7 Å². The Hall–Kier alpha value is -3.23. The first-order valence-corrected chi connectivity index (χ1v) is 8.05. The van der Waals surface area contributed by atoms with Gasteiger partial charge in [-0.1, -0.05) is 12.1 Å². The zero-order valence-corrected chi connectivity index (χ0v) is 14.4. The minimum absolute atomic E-state index is 0.172. The first-order valence-electron chi connectivity index (χ1n) is 8.05. The summed E-state index contributed by atoms with van der Waals surface area (Å²) in [6.45, 7) is 2.05. The van der Waals surface area contributed by atoms with Crippen molar-refractivity contribution in [3.63, 3.8) is 0 Å². The van der Waals surface area contributed by atoms with E-state index in [0.717, 1.165) is 6.07 Å². The summed E-state index contributed by atoms with van der Waals surface area (Å²) in [7, 11) is 0. The van der Waals surface area contributed by atoms with Crippen LogP contribution in [0.4, 0.5) is 23.7 Å². The number of benzene rings is 2. The lowest BCUT2D eigenvalue weighted by atomic mass is 10.2. The second-order valence-electron chi connectivity index (χ2n) is 5.38. The summed E-state index contributed by atoms with van der Waals surface area (Å²) in [5.74, 6) is -0.454. The Labute approximate surface area is 153 Å². The van der Waals surface area contributed by atoms with Crippen molar-refractivity contribution in [3.05, 3.63) is 54.1 Å². The van der Waals surface area contributed by atoms with E-state index in [1.165, 1.54) is 42.5 Å².